The molecule has 4 heteroatoms. The van der Waals surface area contributed by atoms with Crippen molar-refractivity contribution in [2.45, 2.75) is 13.8 Å². The highest BCUT2D eigenvalue weighted by Gasteiger charge is 2.05. The summed E-state index contributed by atoms with van der Waals surface area (Å²) in [6.45, 7) is 3.96. The minimum absolute atomic E-state index is 0.641. The number of nitrogens with zero attached hydrogens (tertiary/aromatic N) is 2. The lowest BCUT2D eigenvalue weighted by atomic mass is 10.3. The summed E-state index contributed by atoms with van der Waals surface area (Å²) in [5.74, 6) is 0.759. The van der Waals surface area contributed by atoms with Crippen LogP contribution in [0.5, 0.6) is 0 Å². The topological polar surface area (TPSA) is 51.8 Å². The molecule has 0 saturated carbocycles. The summed E-state index contributed by atoms with van der Waals surface area (Å²) in [4.78, 5) is 10.9. The third-order valence-electron chi connectivity index (χ3n) is 1.98. The summed E-state index contributed by atoms with van der Waals surface area (Å²) in [6.07, 6.45) is 1.66. The van der Waals surface area contributed by atoms with Crippen molar-refractivity contribution >= 4 is 17.0 Å². The highest BCUT2D eigenvalue weighted by molar-refractivity contribution is 7.15. The monoisotopic (exact) mass is 205 g/mol. The lowest BCUT2D eigenvalue weighted by Gasteiger charge is -2.00. The number of nitrogen functional groups attached to an aromatic ring is 1. The Morgan fingerprint density at radius 2 is 2.07 bits per heavy atom. The fourth-order valence-corrected chi connectivity index (χ4v) is 1.96. The van der Waals surface area contributed by atoms with Gasteiger partial charge in [-0.1, -0.05) is 0 Å². The summed E-state index contributed by atoms with van der Waals surface area (Å²) in [6, 6.07) is 4.10. The van der Waals surface area contributed by atoms with E-state index in [2.05, 4.69) is 23.0 Å². The molecule has 2 N–H and O–H groups in total. The van der Waals surface area contributed by atoms with Crippen LogP contribution >= 0.6 is 11.3 Å². The van der Waals surface area contributed by atoms with Gasteiger partial charge in [-0.2, -0.15) is 0 Å². The van der Waals surface area contributed by atoms with Crippen LogP contribution in [0.3, 0.4) is 0 Å². The largest absolute Gasteiger partial charge is 0.396 e. The number of hydrogen-bond acceptors (Lipinski definition) is 4. The van der Waals surface area contributed by atoms with Crippen LogP contribution in [0.4, 0.5) is 5.69 Å². The smallest absolute Gasteiger partial charge is 0.169 e. The van der Waals surface area contributed by atoms with Gasteiger partial charge in [-0.25, -0.2) is 9.97 Å². The normalized spacial score (nSPS) is 10.4. The van der Waals surface area contributed by atoms with Crippen molar-refractivity contribution in [3.8, 4) is 10.7 Å². The molecule has 2 rings (SSSR count). The van der Waals surface area contributed by atoms with Gasteiger partial charge in [0.15, 0.2) is 5.82 Å². The Kier molecular flexibility index (Phi) is 2.21. The minimum Gasteiger partial charge on any atom is -0.396 e. The first-order valence-electron chi connectivity index (χ1n) is 4.33. The number of rotatable bonds is 1. The molecule has 2 aromatic heterocycles. The number of anilines is 1. The molecule has 14 heavy (non-hydrogen) atoms. The average Bonchev–Trinajstić information content (AvgIpc) is 2.57. The van der Waals surface area contributed by atoms with Crippen LogP contribution in [-0.4, -0.2) is 9.97 Å². The molecule has 0 bridgehead atoms. The van der Waals surface area contributed by atoms with Crippen molar-refractivity contribution in [2.75, 3.05) is 5.73 Å². The van der Waals surface area contributed by atoms with Crippen molar-refractivity contribution in [2.24, 2.45) is 0 Å². The van der Waals surface area contributed by atoms with E-state index in [0.717, 1.165) is 16.4 Å². The lowest BCUT2D eigenvalue weighted by Crippen LogP contribution is -1.96. The maximum absolute atomic E-state index is 5.65. The molecule has 0 radical (unpaired) electrons. The number of aromatic nitrogens is 2. The molecule has 0 amide bonds. The molecule has 0 unspecified atom stereocenters. The van der Waals surface area contributed by atoms with Gasteiger partial charge >= 0.3 is 0 Å². The lowest BCUT2D eigenvalue weighted by molar-refractivity contribution is 1.12. The molecule has 0 aliphatic rings. The SMILES string of the molecule is Cc1ccc(-c2ncc(N)c(C)n2)s1. The zero-order valence-corrected chi connectivity index (χ0v) is 8.93. The number of hydrogen-bond donors (Lipinski definition) is 1. The minimum atomic E-state index is 0.641. The molecule has 0 fully saturated rings. The molecule has 2 aromatic rings. The van der Waals surface area contributed by atoms with Gasteiger partial charge in [-0.3, -0.25) is 0 Å². The molecular weight excluding hydrogens is 194 g/mol. The standard InChI is InChI=1S/C10H11N3S/c1-6-3-4-9(14-6)10-12-5-8(11)7(2)13-10/h3-5H,11H2,1-2H3. The maximum Gasteiger partial charge on any atom is 0.169 e. The molecule has 3 nitrogen and oxygen atoms in total. The van der Waals surface area contributed by atoms with Gasteiger partial charge in [0.2, 0.25) is 0 Å². The molecular formula is C10H11N3S. The molecule has 72 valence electrons. The quantitative estimate of drug-likeness (QED) is 0.777. The van der Waals surface area contributed by atoms with E-state index in [-0.39, 0.29) is 0 Å². The number of aryl methyl sites for hydroxylation is 2. The molecule has 0 atom stereocenters. The van der Waals surface area contributed by atoms with Gasteiger partial charge in [-0.05, 0) is 26.0 Å². The zero-order chi connectivity index (χ0) is 10.1. The van der Waals surface area contributed by atoms with Crippen molar-refractivity contribution < 1.29 is 0 Å². The number of nitrogens with two attached hydrogens (primary N) is 1. The van der Waals surface area contributed by atoms with E-state index in [1.165, 1.54) is 4.88 Å². The molecule has 0 spiro atoms. The predicted octanol–water partition coefficient (Wildman–Crippen LogP) is 2.40. The second-order valence-electron chi connectivity index (χ2n) is 3.14. The Balaban J connectivity index is 2.47. The highest BCUT2D eigenvalue weighted by Crippen LogP contribution is 2.25. The first-order valence-corrected chi connectivity index (χ1v) is 5.14. The first kappa shape index (κ1) is 9.15. The molecule has 0 aliphatic heterocycles. The Labute approximate surface area is 86.6 Å². The Morgan fingerprint density at radius 3 is 2.64 bits per heavy atom. The van der Waals surface area contributed by atoms with E-state index in [9.17, 15) is 0 Å². The van der Waals surface area contributed by atoms with E-state index >= 15 is 0 Å². The van der Waals surface area contributed by atoms with Crippen LogP contribution in [0.15, 0.2) is 18.3 Å². The molecule has 0 saturated heterocycles. The van der Waals surface area contributed by atoms with Gasteiger partial charge in [0.1, 0.15) is 0 Å². The Hall–Kier alpha value is -1.42. The molecule has 2 heterocycles. The predicted molar refractivity (Wildman–Crippen MR) is 59.2 cm³/mol. The summed E-state index contributed by atoms with van der Waals surface area (Å²) in [7, 11) is 0. The second-order valence-corrected chi connectivity index (χ2v) is 4.43. The van der Waals surface area contributed by atoms with Crippen LogP contribution in [-0.2, 0) is 0 Å². The van der Waals surface area contributed by atoms with E-state index in [4.69, 9.17) is 5.73 Å². The second kappa shape index (κ2) is 3.38. The first-order chi connectivity index (χ1) is 6.66. The van der Waals surface area contributed by atoms with Gasteiger partial charge in [0.25, 0.3) is 0 Å². The van der Waals surface area contributed by atoms with Crippen molar-refractivity contribution in [1.29, 1.82) is 0 Å². The average molecular weight is 205 g/mol. The van der Waals surface area contributed by atoms with E-state index in [1.54, 1.807) is 17.5 Å². The van der Waals surface area contributed by atoms with Crippen molar-refractivity contribution in [3.63, 3.8) is 0 Å². The van der Waals surface area contributed by atoms with Crippen LogP contribution in [0.2, 0.25) is 0 Å². The van der Waals surface area contributed by atoms with E-state index < -0.39 is 0 Å². The molecule has 0 aliphatic carbocycles. The van der Waals surface area contributed by atoms with Gasteiger partial charge < -0.3 is 5.73 Å². The maximum atomic E-state index is 5.65. The fraction of sp³-hybridized carbons (Fsp3) is 0.200. The van der Waals surface area contributed by atoms with Gasteiger partial charge in [0.05, 0.1) is 22.5 Å². The van der Waals surface area contributed by atoms with Gasteiger partial charge in [0, 0.05) is 4.88 Å². The van der Waals surface area contributed by atoms with Crippen LogP contribution < -0.4 is 5.73 Å². The fourth-order valence-electron chi connectivity index (χ4n) is 1.15. The van der Waals surface area contributed by atoms with E-state index in [0.29, 0.717) is 5.69 Å². The summed E-state index contributed by atoms with van der Waals surface area (Å²) in [5, 5.41) is 0. The number of thiophene rings is 1. The van der Waals surface area contributed by atoms with Crippen LogP contribution in [0.1, 0.15) is 10.6 Å². The van der Waals surface area contributed by atoms with Crippen molar-refractivity contribution in [1.82, 2.24) is 9.97 Å². The van der Waals surface area contributed by atoms with E-state index in [1.807, 2.05) is 13.0 Å². The summed E-state index contributed by atoms with van der Waals surface area (Å²) >= 11 is 1.69. The van der Waals surface area contributed by atoms with Gasteiger partial charge in [-0.15, -0.1) is 11.3 Å². The van der Waals surface area contributed by atoms with Crippen LogP contribution in [0, 0.1) is 13.8 Å². The van der Waals surface area contributed by atoms with Crippen molar-refractivity contribution in [3.05, 3.63) is 28.9 Å². The third kappa shape index (κ3) is 1.61. The Bertz CT molecular complexity index is 462. The summed E-state index contributed by atoms with van der Waals surface area (Å²) < 4.78 is 0. The van der Waals surface area contributed by atoms with Crippen LogP contribution in [0.25, 0.3) is 10.7 Å². The molecule has 0 aromatic carbocycles. The Morgan fingerprint density at radius 1 is 1.29 bits per heavy atom. The zero-order valence-electron chi connectivity index (χ0n) is 8.11. The summed E-state index contributed by atoms with van der Waals surface area (Å²) in [5.41, 5.74) is 7.13. The highest BCUT2D eigenvalue weighted by atomic mass is 32.1. The third-order valence-corrected chi connectivity index (χ3v) is 2.97.